The molecular weight excluding hydrogens is 731 g/mol. The van der Waals surface area contributed by atoms with Gasteiger partial charge in [0.05, 0.1) is 37.8 Å². The van der Waals surface area contributed by atoms with Crippen LogP contribution in [-0.2, 0) is 10.8 Å². The summed E-state index contributed by atoms with van der Waals surface area (Å²) in [5.41, 5.74) is 18.3. The standard InChI is InChI=1S/C51H55BN2O5/c1-28-20-38-45-39(21-28)54(47-31(4)24-43-48(32(47)5)58-19-13-18-57-43)49-44(35-25-33(50(6,7)8)14-15-40(35)59-49)52(45)36-26-41-42(56-17-12-16-55-41)27-37(36)53(38)46-29(2)22-34(23-30(46)3)51(9,10)11/h14-15,20-27H,12-13,16-19H2,1-11H3. The maximum Gasteiger partial charge on any atom is 0.257 e. The highest BCUT2D eigenvalue weighted by Crippen LogP contribution is 2.52. The minimum absolute atomic E-state index is 0.00741. The predicted molar refractivity (Wildman–Crippen MR) is 243 cm³/mol. The van der Waals surface area contributed by atoms with E-state index in [0.717, 1.165) is 97.6 Å². The summed E-state index contributed by atoms with van der Waals surface area (Å²) in [7, 11) is 0. The van der Waals surface area contributed by atoms with Gasteiger partial charge in [0, 0.05) is 52.4 Å². The molecule has 5 aromatic carbocycles. The van der Waals surface area contributed by atoms with Crippen LogP contribution in [0.1, 0.15) is 93.3 Å². The van der Waals surface area contributed by atoms with E-state index in [1.807, 2.05) is 0 Å². The Labute approximate surface area is 349 Å². The molecule has 302 valence electrons. The number of ether oxygens (including phenoxy) is 4. The van der Waals surface area contributed by atoms with Crippen LogP contribution in [0.5, 0.6) is 23.0 Å². The molecular formula is C51H55BN2O5. The van der Waals surface area contributed by atoms with E-state index in [-0.39, 0.29) is 17.5 Å². The quantitative estimate of drug-likeness (QED) is 0.162. The van der Waals surface area contributed by atoms with Gasteiger partial charge in [-0.15, -0.1) is 0 Å². The molecule has 0 bridgehead atoms. The highest BCUT2D eigenvalue weighted by atomic mass is 16.5. The largest absolute Gasteiger partial charge is 0.490 e. The molecule has 8 heteroatoms. The highest BCUT2D eigenvalue weighted by Gasteiger charge is 2.48. The van der Waals surface area contributed by atoms with Gasteiger partial charge in [-0.25, -0.2) is 0 Å². The summed E-state index contributed by atoms with van der Waals surface area (Å²) in [6, 6.07) is 22.9. The van der Waals surface area contributed by atoms with E-state index >= 15 is 0 Å². The van der Waals surface area contributed by atoms with Crippen molar-refractivity contribution in [2.24, 2.45) is 0 Å². The van der Waals surface area contributed by atoms with Crippen LogP contribution in [0.15, 0.2) is 65.1 Å². The zero-order valence-corrected chi connectivity index (χ0v) is 36.5. The van der Waals surface area contributed by atoms with Crippen LogP contribution in [0, 0.1) is 34.6 Å². The molecule has 0 saturated heterocycles. The molecule has 0 radical (unpaired) electrons. The van der Waals surface area contributed by atoms with Crippen molar-refractivity contribution < 1.29 is 23.4 Å². The van der Waals surface area contributed by atoms with E-state index in [1.54, 1.807) is 0 Å². The molecule has 4 aliphatic heterocycles. The first kappa shape index (κ1) is 37.8. The molecule has 0 fully saturated rings. The minimum Gasteiger partial charge on any atom is -0.490 e. The molecule has 0 N–H and O–H groups in total. The third-order valence-corrected chi connectivity index (χ3v) is 12.8. The Balaban J connectivity index is 1.35. The molecule has 10 rings (SSSR count). The van der Waals surface area contributed by atoms with Gasteiger partial charge < -0.3 is 28.3 Å². The van der Waals surface area contributed by atoms with E-state index < -0.39 is 0 Å². The molecule has 4 aliphatic rings. The Morgan fingerprint density at radius 3 is 1.80 bits per heavy atom. The number of furan rings is 1. The van der Waals surface area contributed by atoms with Crippen LogP contribution in [0.3, 0.4) is 0 Å². The number of fused-ring (bicyclic) bond motifs is 8. The van der Waals surface area contributed by atoms with Crippen LogP contribution in [0.4, 0.5) is 34.3 Å². The van der Waals surface area contributed by atoms with Gasteiger partial charge in [0.2, 0.25) is 5.88 Å². The van der Waals surface area contributed by atoms with E-state index in [0.29, 0.717) is 26.4 Å². The van der Waals surface area contributed by atoms with Crippen molar-refractivity contribution in [1.82, 2.24) is 0 Å². The summed E-state index contributed by atoms with van der Waals surface area (Å²) in [4.78, 5) is 4.91. The summed E-state index contributed by atoms with van der Waals surface area (Å²) in [5.74, 6) is 4.00. The maximum absolute atomic E-state index is 7.22. The van der Waals surface area contributed by atoms with Gasteiger partial charge >= 0.3 is 0 Å². The van der Waals surface area contributed by atoms with E-state index in [4.69, 9.17) is 23.4 Å². The first-order valence-electron chi connectivity index (χ1n) is 21.4. The smallest absolute Gasteiger partial charge is 0.257 e. The topological polar surface area (TPSA) is 56.5 Å². The van der Waals surface area contributed by atoms with Crippen molar-refractivity contribution in [2.75, 3.05) is 36.2 Å². The summed E-state index contributed by atoms with van der Waals surface area (Å²) < 4.78 is 33.0. The third kappa shape index (κ3) is 5.83. The van der Waals surface area contributed by atoms with Crippen molar-refractivity contribution in [3.63, 3.8) is 0 Å². The molecule has 0 unspecified atom stereocenters. The van der Waals surface area contributed by atoms with Gasteiger partial charge in [0.25, 0.3) is 6.71 Å². The second-order valence-corrected chi connectivity index (χ2v) is 19.3. The zero-order chi connectivity index (χ0) is 41.3. The summed E-state index contributed by atoms with van der Waals surface area (Å²) in [6.45, 7) is 27.1. The molecule has 59 heavy (non-hydrogen) atoms. The lowest BCUT2D eigenvalue weighted by molar-refractivity contribution is 0.296. The minimum atomic E-state index is -0.165. The third-order valence-electron chi connectivity index (χ3n) is 12.8. The Morgan fingerprint density at radius 1 is 0.542 bits per heavy atom. The van der Waals surface area contributed by atoms with Gasteiger partial charge in [-0.1, -0.05) is 59.7 Å². The Bertz CT molecular complexity index is 2710. The fourth-order valence-corrected chi connectivity index (χ4v) is 9.94. The molecule has 5 heterocycles. The summed E-state index contributed by atoms with van der Waals surface area (Å²) in [5, 5.41) is 1.12. The average molecular weight is 787 g/mol. The molecule has 7 nitrogen and oxygen atoms in total. The van der Waals surface area contributed by atoms with Gasteiger partial charge in [-0.2, -0.15) is 0 Å². The second-order valence-electron chi connectivity index (χ2n) is 19.3. The normalized spacial score (nSPS) is 15.7. The second kappa shape index (κ2) is 13.3. The highest BCUT2D eigenvalue weighted by molar-refractivity contribution is 7.01. The van der Waals surface area contributed by atoms with Crippen LogP contribution < -0.4 is 45.1 Å². The Morgan fingerprint density at radius 2 is 1.14 bits per heavy atom. The first-order chi connectivity index (χ1) is 28.1. The maximum atomic E-state index is 7.22. The lowest BCUT2D eigenvalue weighted by atomic mass is 9.33. The molecule has 0 aliphatic carbocycles. The number of aryl methyl sites for hydroxylation is 4. The average Bonchev–Trinajstić information content (AvgIpc) is 3.28. The predicted octanol–water partition coefficient (Wildman–Crippen LogP) is 11.0. The fourth-order valence-electron chi connectivity index (χ4n) is 9.94. The van der Waals surface area contributed by atoms with Crippen molar-refractivity contribution in [3.05, 3.63) is 99.6 Å². The molecule has 1 aromatic heterocycles. The number of hydrogen-bond acceptors (Lipinski definition) is 7. The van der Waals surface area contributed by atoms with Crippen LogP contribution in [0.2, 0.25) is 0 Å². The number of anilines is 6. The molecule has 6 aromatic rings. The van der Waals surface area contributed by atoms with E-state index in [1.165, 1.54) is 38.9 Å². The van der Waals surface area contributed by atoms with Gasteiger partial charge in [0.15, 0.2) is 23.0 Å². The lowest BCUT2D eigenvalue weighted by Gasteiger charge is -2.44. The Kier molecular flexibility index (Phi) is 8.48. The fraction of sp³-hybridized carbons (Fsp3) is 0.373. The number of nitrogens with zero attached hydrogens (tertiary/aromatic N) is 2. The van der Waals surface area contributed by atoms with Gasteiger partial charge in [-0.3, -0.25) is 4.90 Å². The Hall–Kier alpha value is -5.50. The van der Waals surface area contributed by atoms with Gasteiger partial charge in [0.1, 0.15) is 5.58 Å². The number of hydrogen-bond donors (Lipinski definition) is 0. The van der Waals surface area contributed by atoms with Crippen LogP contribution >= 0.6 is 0 Å². The molecule has 0 amide bonds. The van der Waals surface area contributed by atoms with Crippen LogP contribution in [-0.4, -0.2) is 33.1 Å². The summed E-state index contributed by atoms with van der Waals surface area (Å²) >= 11 is 0. The van der Waals surface area contributed by atoms with Crippen molar-refractivity contribution in [1.29, 1.82) is 0 Å². The molecule has 0 saturated carbocycles. The first-order valence-corrected chi connectivity index (χ1v) is 21.4. The van der Waals surface area contributed by atoms with Crippen molar-refractivity contribution in [2.45, 2.75) is 99.8 Å². The zero-order valence-electron chi connectivity index (χ0n) is 36.5. The van der Waals surface area contributed by atoms with E-state index in [9.17, 15) is 0 Å². The summed E-state index contributed by atoms with van der Waals surface area (Å²) in [6.07, 6.45) is 1.67. The molecule has 0 spiro atoms. The van der Waals surface area contributed by atoms with Crippen molar-refractivity contribution in [3.8, 4) is 23.0 Å². The molecule has 0 atom stereocenters. The van der Waals surface area contributed by atoms with Gasteiger partial charge in [-0.05, 0) is 126 Å². The van der Waals surface area contributed by atoms with Crippen LogP contribution in [0.25, 0.3) is 11.0 Å². The lowest BCUT2D eigenvalue weighted by Crippen LogP contribution is -2.61. The monoisotopic (exact) mass is 786 g/mol. The van der Waals surface area contributed by atoms with E-state index in [2.05, 4.69) is 147 Å². The van der Waals surface area contributed by atoms with Crippen molar-refractivity contribution >= 4 is 68.4 Å². The number of benzene rings is 5. The SMILES string of the molecule is Cc1cc2c3c(c1)N(c1c(C)cc4c(c1C)OCCCO4)c1oc4ccc(C(C)(C)C)cc4c1B3c1cc3c(cc1N2c1c(C)cc(C(C)(C)C)cc1C)OCCCO3. The number of rotatable bonds is 2.